The maximum Gasteiger partial charge on any atom is 0.573 e. The number of nitrogens with zero attached hydrogens (tertiary/aromatic N) is 1. The molecule has 0 bridgehead atoms. The van der Waals surface area contributed by atoms with Crippen molar-refractivity contribution in [3.8, 4) is 5.75 Å². The Bertz CT molecular complexity index is 684. The van der Waals surface area contributed by atoms with Crippen molar-refractivity contribution < 1.29 is 31.5 Å². The van der Waals surface area contributed by atoms with Gasteiger partial charge in [-0.05, 0) is 23.3 Å². The Morgan fingerprint density at radius 3 is 2.38 bits per heavy atom. The molecule has 2 aromatic carbocycles. The van der Waals surface area contributed by atoms with Gasteiger partial charge in [0.2, 0.25) is 0 Å². The molecule has 0 atom stereocenters. The molecule has 24 heavy (non-hydrogen) atoms. The van der Waals surface area contributed by atoms with Crippen LogP contribution in [0.25, 0.3) is 0 Å². The zero-order valence-electron chi connectivity index (χ0n) is 12.1. The van der Waals surface area contributed by atoms with Crippen LogP contribution in [0.2, 0.25) is 0 Å². The average molecular weight is 345 g/mol. The zero-order chi connectivity index (χ0) is 17.6. The van der Waals surface area contributed by atoms with Crippen LogP contribution in [0, 0.1) is 0 Å². The second-order valence-electron chi connectivity index (χ2n) is 4.67. The first-order valence-electron chi connectivity index (χ1n) is 6.71. The number of halogens is 5. The van der Waals surface area contributed by atoms with E-state index in [1.54, 1.807) is 6.07 Å². The van der Waals surface area contributed by atoms with Gasteiger partial charge in [0.15, 0.2) is 0 Å². The third-order valence-electron chi connectivity index (χ3n) is 2.83. The molecule has 0 radical (unpaired) electrons. The molecular weight excluding hydrogens is 333 g/mol. The lowest BCUT2D eigenvalue weighted by atomic mass is 10.1. The molecule has 0 amide bonds. The third-order valence-corrected chi connectivity index (χ3v) is 2.83. The van der Waals surface area contributed by atoms with E-state index in [1.807, 2.05) is 0 Å². The summed E-state index contributed by atoms with van der Waals surface area (Å²) in [4.78, 5) is 4.97. The first-order valence-corrected chi connectivity index (χ1v) is 6.71. The van der Waals surface area contributed by atoms with Gasteiger partial charge in [0, 0.05) is 5.56 Å². The number of alkyl halides is 5. The Morgan fingerprint density at radius 2 is 1.75 bits per heavy atom. The molecular formula is C16H12F5NO2. The summed E-state index contributed by atoms with van der Waals surface area (Å²) in [5.41, 5.74) is 0.880. The van der Waals surface area contributed by atoms with E-state index >= 15 is 0 Å². The van der Waals surface area contributed by atoms with Crippen molar-refractivity contribution in [3.63, 3.8) is 0 Å². The number of rotatable bonds is 6. The molecule has 0 aliphatic heterocycles. The van der Waals surface area contributed by atoms with E-state index in [0.29, 0.717) is 11.1 Å². The summed E-state index contributed by atoms with van der Waals surface area (Å²) in [6.45, 7) is -0.0688. The van der Waals surface area contributed by atoms with E-state index in [1.165, 1.54) is 48.7 Å². The van der Waals surface area contributed by atoms with Gasteiger partial charge in [0.1, 0.15) is 12.4 Å². The lowest BCUT2D eigenvalue weighted by molar-refractivity contribution is -0.274. The van der Waals surface area contributed by atoms with Crippen LogP contribution in [0.1, 0.15) is 23.1 Å². The highest BCUT2D eigenvalue weighted by Crippen LogP contribution is 2.23. The van der Waals surface area contributed by atoms with Gasteiger partial charge in [-0.2, -0.15) is 0 Å². The van der Waals surface area contributed by atoms with Crippen molar-refractivity contribution in [3.05, 3.63) is 65.2 Å². The zero-order valence-corrected chi connectivity index (χ0v) is 12.1. The maximum atomic E-state index is 12.4. The number of benzene rings is 2. The van der Waals surface area contributed by atoms with Crippen LogP contribution < -0.4 is 4.74 Å². The van der Waals surface area contributed by atoms with Crippen molar-refractivity contribution in [1.29, 1.82) is 0 Å². The molecule has 3 nitrogen and oxygen atoms in total. The van der Waals surface area contributed by atoms with Gasteiger partial charge in [0.05, 0.1) is 6.21 Å². The summed E-state index contributed by atoms with van der Waals surface area (Å²) >= 11 is 0. The summed E-state index contributed by atoms with van der Waals surface area (Å²) in [5.74, 6) is -0.352. The molecule has 0 saturated heterocycles. The normalized spacial score (nSPS) is 11.9. The molecule has 8 heteroatoms. The predicted octanol–water partition coefficient (Wildman–Crippen LogP) is 5.07. The number of oxime groups is 1. The van der Waals surface area contributed by atoms with Crippen molar-refractivity contribution in [1.82, 2.24) is 0 Å². The van der Waals surface area contributed by atoms with E-state index in [-0.39, 0.29) is 17.9 Å². The molecule has 0 saturated carbocycles. The fourth-order valence-corrected chi connectivity index (χ4v) is 1.77. The van der Waals surface area contributed by atoms with E-state index in [0.717, 1.165) is 0 Å². The van der Waals surface area contributed by atoms with Crippen molar-refractivity contribution >= 4 is 6.21 Å². The average Bonchev–Trinajstić information content (AvgIpc) is 2.51. The molecule has 2 rings (SSSR count). The van der Waals surface area contributed by atoms with E-state index in [2.05, 4.69) is 9.89 Å². The summed E-state index contributed by atoms with van der Waals surface area (Å²) in [6.07, 6.45) is -5.99. The van der Waals surface area contributed by atoms with Gasteiger partial charge in [0.25, 0.3) is 6.43 Å². The van der Waals surface area contributed by atoms with Crippen molar-refractivity contribution in [2.75, 3.05) is 0 Å². The van der Waals surface area contributed by atoms with Gasteiger partial charge in [-0.3, -0.25) is 0 Å². The molecule has 0 aliphatic rings. The fourth-order valence-electron chi connectivity index (χ4n) is 1.77. The van der Waals surface area contributed by atoms with E-state index in [4.69, 9.17) is 4.84 Å². The lowest BCUT2D eigenvalue weighted by Gasteiger charge is -2.09. The molecule has 0 aromatic heterocycles. The largest absolute Gasteiger partial charge is 0.573 e. The smallest absolute Gasteiger partial charge is 0.406 e. The van der Waals surface area contributed by atoms with Crippen molar-refractivity contribution in [2.24, 2.45) is 5.16 Å². The maximum absolute atomic E-state index is 12.4. The summed E-state index contributed by atoms with van der Waals surface area (Å²) in [7, 11) is 0. The van der Waals surface area contributed by atoms with Crippen LogP contribution in [0.3, 0.4) is 0 Å². The summed E-state index contributed by atoms with van der Waals surface area (Å²) < 4.78 is 64.9. The summed E-state index contributed by atoms with van der Waals surface area (Å²) in [6, 6.07) is 10.7. The van der Waals surface area contributed by atoms with Crippen LogP contribution in [0.5, 0.6) is 5.75 Å². The second-order valence-corrected chi connectivity index (χ2v) is 4.67. The topological polar surface area (TPSA) is 30.8 Å². The minimum absolute atomic E-state index is 0.0688. The van der Waals surface area contributed by atoms with Crippen LogP contribution in [0.15, 0.2) is 53.7 Å². The SMILES string of the molecule is FC(F)c1ccc(C=NOCc2cccc(OC(F)(F)F)c2)cc1. The Morgan fingerprint density at radius 1 is 1.04 bits per heavy atom. The van der Waals surface area contributed by atoms with E-state index in [9.17, 15) is 22.0 Å². The molecule has 0 fully saturated rings. The Balaban J connectivity index is 1.88. The van der Waals surface area contributed by atoms with Crippen LogP contribution in [-0.2, 0) is 11.4 Å². The Labute approximate surface area is 134 Å². The van der Waals surface area contributed by atoms with Crippen molar-refractivity contribution in [2.45, 2.75) is 19.4 Å². The third kappa shape index (κ3) is 5.86. The number of ether oxygens (including phenoxy) is 1. The first-order chi connectivity index (χ1) is 11.3. The lowest BCUT2D eigenvalue weighted by Crippen LogP contribution is -2.17. The predicted molar refractivity (Wildman–Crippen MR) is 76.9 cm³/mol. The number of hydrogen-bond acceptors (Lipinski definition) is 3. The molecule has 0 N–H and O–H groups in total. The van der Waals surface area contributed by atoms with Gasteiger partial charge in [-0.25, -0.2) is 8.78 Å². The van der Waals surface area contributed by atoms with Crippen LogP contribution in [-0.4, -0.2) is 12.6 Å². The monoisotopic (exact) mass is 345 g/mol. The minimum atomic E-state index is -4.76. The molecule has 0 heterocycles. The summed E-state index contributed by atoms with van der Waals surface area (Å²) in [5, 5.41) is 3.64. The molecule has 2 aromatic rings. The molecule has 0 spiro atoms. The molecule has 0 unspecified atom stereocenters. The highest BCUT2D eigenvalue weighted by atomic mass is 19.4. The number of hydrogen-bond donors (Lipinski definition) is 0. The second kappa shape index (κ2) is 7.76. The first kappa shape index (κ1) is 17.7. The van der Waals surface area contributed by atoms with Crippen LogP contribution in [0.4, 0.5) is 22.0 Å². The quantitative estimate of drug-likeness (QED) is 0.416. The highest BCUT2D eigenvalue weighted by Gasteiger charge is 2.31. The van der Waals surface area contributed by atoms with E-state index < -0.39 is 12.8 Å². The molecule has 0 aliphatic carbocycles. The molecule has 128 valence electrons. The van der Waals surface area contributed by atoms with Gasteiger partial charge in [-0.15, -0.1) is 13.2 Å². The fraction of sp³-hybridized carbons (Fsp3) is 0.188. The van der Waals surface area contributed by atoms with Crippen LogP contribution >= 0.6 is 0 Å². The standard InChI is InChI=1S/C16H12F5NO2/c17-15(18)13-6-4-11(5-7-13)9-22-23-10-12-2-1-3-14(8-12)24-16(19,20)21/h1-9,15H,10H2. The Kier molecular flexibility index (Phi) is 5.73. The minimum Gasteiger partial charge on any atom is -0.406 e. The Hall–Kier alpha value is -2.64. The van der Waals surface area contributed by atoms with Gasteiger partial charge >= 0.3 is 6.36 Å². The highest BCUT2D eigenvalue weighted by molar-refractivity contribution is 5.79. The van der Waals surface area contributed by atoms with Gasteiger partial charge < -0.3 is 9.57 Å². The van der Waals surface area contributed by atoms with Gasteiger partial charge in [-0.1, -0.05) is 41.6 Å².